The van der Waals surface area contributed by atoms with E-state index in [0.717, 1.165) is 9.75 Å². The first-order valence-corrected chi connectivity index (χ1v) is 10.1. The number of hydrogen-bond donors (Lipinski definition) is 0. The van der Waals surface area contributed by atoms with E-state index < -0.39 is 0 Å². The second-order valence-corrected chi connectivity index (χ2v) is 7.98. The van der Waals surface area contributed by atoms with Gasteiger partial charge in [-0.3, -0.25) is 4.79 Å². The average molecular weight is 398 g/mol. The van der Waals surface area contributed by atoms with Gasteiger partial charge in [0.15, 0.2) is 5.69 Å². The predicted octanol–water partition coefficient (Wildman–Crippen LogP) is 4.98. The van der Waals surface area contributed by atoms with E-state index in [2.05, 4.69) is 5.10 Å². The summed E-state index contributed by atoms with van der Waals surface area (Å²) < 4.78 is 15.4. The maximum absolute atomic E-state index is 14.0. The normalized spacial score (nSPS) is 10.9. The standard InChI is InChI=1S/C20H16FN3OS2/c21-17-7-1-2-8-19(17)24-10-9-18(22-24)20(25)23(13-15-5-3-11-26-15)14-16-6-4-12-27-16/h1-12H,13-14H2. The predicted molar refractivity (Wildman–Crippen MR) is 106 cm³/mol. The van der Waals surface area contributed by atoms with Crippen LogP contribution in [0.25, 0.3) is 5.69 Å². The van der Waals surface area contributed by atoms with Crippen molar-refractivity contribution in [2.75, 3.05) is 0 Å². The van der Waals surface area contributed by atoms with E-state index in [0.29, 0.717) is 24.5 Å². The molecule has 136 valence electrons. The van der Waals surface area contributed by atoms with E-state index in [1.807, 2.05) is 35.0 Å². The maximum Gasteiger partial charge on any atom is 0.275 e. The number of rotatable bonds is 6. The number of carbonyl (C=O) groups is 1. The quantitative estimate of drug-likeness (QED) is 0.460. The summed E-state index contributed by atoms with van der Waals surface area (Å²) >= 11 is 3.23. The molecule has 1 aromatic carbocycles. The molecule has 4 aromatic rings. The number of nitrogens with zero attached hydrogens (tertiary/aromatic N) is 3. The summed E-state index contributed by atoms with van der Waals surface area (Å²) in [4.78, 5) is 17.1. The highest BCUT2D eigenvalue weighted by Gasteiger charge is 2.20. The lowest BCUT2D eigenvalue weighted by atomic mass is 10.3. The fraction of sp³-hybridized carbons (Fsp3) is 0.100. The lowest BCUT2D eigenvalue weighted by Crippen LogP contribution is -2.30. The molecule has 7 heteroatoms. The van der Waals surface area contributed by atoms with Crippen LogP contribution in [0.15, 0.2) is 71.6 Å². The Hall–Kier alpha value is -2.77. The molecule has 0 aliphatic rings. The second-order valence-electron chi connectivity index (χ2n) is 5.92. The zero-order valence-corrected chi connectivity index (χ0v) is 15.9. The van der Waals surface area contributed by atoms with E-state index in [1.54, 1.807) is 58.0 Å². The van der Waals surface area contributed by atoms with E-state index in [9.17, 15) is 9.18 Å². The van der Waals surface area contributed by atoms with Gasteiger partial charge in [-0.25, -0.2) is 9.07 Å². The minimum atomic E-state index is -0.381. The Morgan fingerprint density at radius 1 is 0.963 bits per heavy atom. The molecule has 3 aromatic heterocycles. The molecule has 0 unspecified atom stereocenters. The van der Waals surface area contributed by atoms with Gasteiger partial charge in [0.05, 0.1) is 13.1 Å². The van der Waals surface area contributed by atoms with Crippen LogP contribution < -0.4 is 0 Å². The summed E-state index contributed by atoms with van der Waals surface area (Å²) in [5.41, 5.74) is 0.617. The molecule has 0 aliphatic heterocycles. The summed E-state index contributed by atoms with van der Waals surface area (Å²) in [6, 6.07) is 16.0. The van der Waals surface area contributed by atoms with Gasteiger partial charge in [0.1, 0.15) is 11.5 Å². The summed E-state index contributed by atoms with van der Waals surface area (Å²) in [7, 11) is 0. The number of benzene rings is 1. The highest BCUT2D eigenvalue weighted by molar-refractivity contribution is 7.10. The van der Waals surface area contributed by atoms with Crippen LogP contribution in [0.2, 0.25) is 0 Å². The van der Waals surface area contributed by atoms with Crippen molar-refractivity contribution in [3.05, 3.63) is 92.8 Å². The van der Waals surface area contributed by atoms with Crippen LogP contribution in [0.4, 0.5) is 4.39 Å². The highest BCUT2D eigenvalue weighted by Crippen LogP contribution is 2.20. The van der Waals surface area contributed by atoms with Crippen LogP contribution in [0, 0.1) is 5.82 Å². The second kappa shape index (κ2) is 7.85. The summed E-state index contributed by atoms with van der Waals surface area (Å²) in [6.45, 7) is 1.03. The van der Waals surface area contributed by atoms with Crippen LogP contribution in [0.1, 0.15) is 20.2 Å². The largest absolute Gasteiger partial charge is 0.327 e. The van der Waals surface area contributed by atoms with E-state index >= 15 is 0 Å². The zero-order chi connectivity index (χ0) is 18.6. The van der Waals surface area contributed by atoms with Crippen LogP contribution in [0.5, 0.6) is 0 Å². The molecule has 4 rings (SSSR count). The number of carbonyl (C=O) groups excluding carboxylic acids is 1. The topological polar surface area (TPSA) is 38.1 Å². The summed E-state index contributed by atoms with van der Waals surface area (Å²) in [6.07, 6.45) is 1.61. The van der Waals surface area contributed by atoms with Gasteiger partial charge in [0, 0.05) is 16.0 Å². The highest BCUT2D eigenvalue weighted by atomic mass is 32.1. The fourth-order valence-electron chi connectivity index (χ4n) is 2.75. The molecule has 0 N–H and O–H groups in total. The Bertz CT molecular complexity index is 989. The molecule has 0 saturated heterocycles. The minimum absolute atomic E-state index is 0.174. The van der Waals surface area contributed by atoms with Gasteiger partial charge in [-0.2, -0.15) is 5.10 Å². The van der Waals surface area contributed by atoms with Gasteiger partial charge < -0.3 is 4.90 Å². The van der Waals surface area contributed by atoms with Gasteiger partial charge in [0.2, 0.25) is 0 Å². The molecule has 0 radical (unpaired) electrons. The molecule has 1 amide bonds. The SMILES string of the molecule is O=C(c1ccn(-c2ccccc2F)n1)N(Cc1cccs1)Cc1cccs1. The van der Waals surface area contributed by atoms with Gasteiger partial charge >= 0.3 is 0 Å². The molecule has 0 bridgehead atoms. The van der Waals surface area contributed by atoms with E-state index in [1.165, 1.54) is 10.7 Å². The van der Waals surface area contributed by atoms with Gasteiger partial charge in [-0.05, 0) is 41.1 Å². The van der Waals surface area contributed by atoms with Gasteiger partial charge in [-0.15, -0.1) is 22.7 Å². The molecule has 4 nitrogen and oxygen atoms in total. The van der Waals surface area contributed by atoms with E-state index in [-0.39, 0.29) is 11.7 Å². The van der Waals surface area contributed by atoms with Crippen molar-refractivity contribution in [1.29, 1.82) is 0 Å². The lowest BCUT2D eigenvalue weighted by Gasteiger charge is -2.20. The number of halogens is 1. The number of aromatic nitrogens is 2. The van der Waals surface area contributed by atoms with Crippen molar-refractivity contribution >= 4 is 28.6 Å². The van der Waals surface area contributed by atoms with Crippen molar-refractivity contribution in [3.63, 3.8) is 0 Å². The van der Waals surface area contributed by atoms with Crippen LogP contribution in [-0.4, -0.2) is 20.6 Å². The van der Waals surface area contributed by atoms with Crippen molar-refractivity contribution in [2.24, 2.45) is 0 Å². The smallest absolute Gasteiger partial charge is 0.275 e. The van der Waals surface area contributed by atoms with Gasteiger partial charge in [-0.1, -0.05) is 24.3 Å². The summed E-state index contributed by atoms with van der Waals surface area (Å²) in [5.74, 6) is -0.555. The third-order valence-electron chi connectivity index (χ3n) is 4.05. The minimum Gasteiger partial charge on any atom is -0.327 e. The molecule has 0 spiro atoms. The lowest BCUT2D eigenvalue weighted by molar-refractivity contribution is 0.0727. The molecular weight excluding hydrogens is 381 g/mol. The third kappa shape index (κ3) is 3.99. The zero-order valence-electron chi connectivity index (χ0n) is 14.3. The Balaban J connectivity index is 1.60. The number of amides is 1. The molecule has 0 atom stereocenters. The van der Waals surface area contributed by atoms with Gasteiger partial charge in [0.25, 0.3) is 5.91 Å². The monoisotopic (exact) mass is 397 g/mol. The Kier molecular flexibility index (Phi) is 5.13. The fourth-order valence-corrected chi connectivity index (χ4v) is 4.19. The first-order chi connectivity index (χ1) is 13.2. The maximum atomic E-state index is 14.0. The molecule has 27 heavy (non-hydrogen) atoms. The molecule has 0 aliphatic carbocycles. The third-order valence-corrected chi connectivity index (χ3v) is 5.77. The molecular formula is C20H16FN3OS2. The Labute approximate surface area is 164 Å². The van der Waals surface area contributed by atoms with Crippen molar-refractivity contribution < 1.29 is 9.18 Å². The van der Waals surface area contributed by atoms with Crippen LogP contribution in [0.3, 0.4) is 0 Å². The summed E-state index contributed by atoms with van der Waals surface area (Å²) in [5, 5.41) is 8.31. The average Bonchev–Trinajstić information content (AvgIpc) is 3.44. The Morgan fingerprint density at radius 3 is 2.22 bits per heavy atom. The molecule has 0 fully saturated rings. The Morgan fingerprint density at radius 2 is 1.63 bits per heavy atom. The molecule has 3 heterocycles. The molecule has 0 saturated carbocycles. The number of hydrogen-bond acceptors (Lipinski definition) is 4. The van der Waals surface area contributed by atoms with E-state index in [4.69, 9.17) is 0 Å². The number of thiophene rings is 2. The number of para-hydroxylation sites is 1. The van der Waals surface area contributed by atoms with Crippen LogP contribution in [-0.2, 0) is 13.1 Å². The van der Waals surface area contributed by atoms with Crippen molar-refractivity contribution in [2.45, 2.75) is 13.1 Å². The van der Waals surface area contributed by atoms with Crippen LogP contribution >= 0.6 is 22.7 Å². The first-order valence-electron chi connectivity index (χ1n) is 8.35. The first kappa shape index (κ1) is 17.6. The van der Waals surface area contributed by atoms with Crippen molar-refractivity contribution in [1.82, 2.24) is 14.7 Å². The van der Waals surface area contributed by atoms with Crippen molar-refractivity contribution in [3.8, 4) is 5.69 Å².